The number of hydrogen-bond donors (Lipinski definition) is 0. The molecule has 0 N–H and O–H groups in total. The lowest BCUT2D eigenvalue weighted by Crippen LogP contribution is -2.07. The highest BCUT2D eigenvalue weighted by atomic mass is 16.5. The first-order valence-electron chi connectivity index (χ1n) is 6.06. The molecular weight excluding hydrogens is 226 g/mol. The van der Waals surface area contributed by atoms with Gasteiger partial charge in [0.25, 0.3) is 0 Å². The maximum Gasteiger partial charge on any atom is 0.158 e. The van der Waals surface area contributed by atoms with E-state index in [-0.39, 0.29) is 12.4 Å². The van der Waals surface area contributed by atoms with Crippen LogP contribution in [0.3, 0.4) is 0 Å². The Bertz CT molecular complexity index is 563. The van der Waals surface area contributed by atoms with Crippen LogP contribution in [0.25, 0.3) is 10.9 Å². The number of Topliss-reactive ketones (excluding diaryl/α,β-unsaturated/α-hetero) is 1. The molecule has 2 aromatic rings. The normalized spacial score (nSPS) is 10.8. The van der Waals surface area contributed by atoms with Gasteiger partial charge in [-0.25, -0.2) is 0 Å². The number of ketones is 1. The molecule has 0 aliphatic heterocycles. The van der Waals surface area contributed by atoms with Crippen molar-refractivity contribution in [3.8, 4) is 0 Å². The number of nitrogens with zero attached hydrogens (tertiary/aromatic N) is 1. The zero-order chi connectivity index (χ0) is 13.0. The lowest BCUT2D eigenvalue weighted by atomic mass is 10.0. The Kier molecular flexibility index (Phi) is 4.05. The second-order valence-electron chi connectivity index (χ2n) is 4.41. The quantitative estimate of drug-likeness (QED) is 0.810. The Balaban J connectivity index is 2.24. The van der Waals surface area contributed by atoms with Gasteiger partial charge in [-0.15, -0.1) is 0 Å². The minimum atomic E-state index is 0.135. The molecule has 0 bridgehead atoms. The molecule has 0 aliphatic rings. The van der Waals surface area contributed by atoms with Gasteiger partial charge in [0.05, 0.1) is 5.52 Å². The summed E-state index contributed by atoms with van der Waals surface area (Å²) in [4.78, 5) is 16.0. The number of carbonyl (C=O) groups is 1. The number of rotatable bonds is 5. The molecule has 0 saturated carbocycles. The Morgan fingerprint density at radius 2 is 2.11 bits per heavy atom. The highest BCUT2D eigenvalue weighted by Crippen LogP contribution is 2.19. The molecule has 1 aromatic heterocycles. The molecule has 3 nitrogen and oxygen atoms in total. The SMILES string of the molecule is COCC(=O)CCc1cc(C)nc2ccccc12. The monoisotopic (exact) mass is 243 g/mol. The van der Waals surface area contributed by atoms with Crippen molar-refractivity contribution in [3.63, 3.8) is 0 Å². The van der Waals surface area contributed by atoms with E-state index < -0.39 is 0 Å². The number of para-hydroxylation sites is 1. The summed E-state index contributed by atoms with van der Waals surface area (Å²) in [5, 5.41) is 1.13. The highest BCUT2D eigenvalue weighted by Gasteiger charge is 2.06. The fourth-order valence-electron chi connectivity index (χ4n) is 2.11. The smallest absolute Gasteiger partial charge is 0.158 e. The number of ether oxygens (including phenoxy) is 1. The van der Waals surface area contributed by atoms with Crippen molar-refractivity contribution in [2.75, 3.05) is 13.7 Å². The fourth-order valence-corrected chi connectivity index (χ4v) is 2.11. The lowest BCUT2D eigenvalue weighted by Gasteiger charge is -2.07. The van der Waals surface area contributed by atoms with Crippen molar-refractivity contribution in [1.29, 1.82) is 0 Å². The van der Waals surface area contributed by atoms with Crippen LogP contribution >= 0.6 is 0 Å². The first-order chi connectivity index (χ1) is 8.70. The summed E-state index contributed by atoms with van der Waals surface area (Å²) in [5.41, 5.74) is 3.16. The van der Waals surface area contributed by atoms with Crippen molar-refractivity contribution in [2.24, 2.45) is 0 Å². The van der Waals surface area contributed by atoms with Gasteiger partial charge < -0.3 is 4.74 Å². The molecule has 2 rings (SSSR count). The minimum absolute atomic E-state index is 0.135. The highest BCUT2D eigenvalue weighted by molar-refractivity contribution is 5.84. The molecule has 0 amide bonds. The van der Waals surface area contributed by atoms with Crippen molar-refractivity contribution in [2.45, 2.75) is 19.8 Å². The van der Waals surface area contributed by atoms with E-state index in [1.807, 2.05) is 25.1 Å². The van der Waals surface area contributed by atoms with Gasteiger partial charge in [-0.05, 0) is 31.0 Å². The van der Waals surface area contributed by atoms with Crippen LogP contribution in [-0.4, -0.2) is 24.5 Å². The van der Waals surface area contributed by atoms with Crippen LogP contribution in [-0.2, 0) is 16.0 Å². The van der Waals surface area contributed by atoms with Gasteiger partial charge in [0.2, 0.25) is 0 Å². The van der Waals surface area contributed by atoms with E-state index in [2.05, 4.69) is 17.1 Å². The predicted octanol–water partition coefficient (Wildman–Crippen LogP) is 2.69. The number of fused-ring (bicyclic) bond motifs is 1. The summed E-state index contributed by atoms with van der Waals surface area (Å²) in [7, 11) is 1.55. The molecule has 1 heterocycles. The van der Waals surface area contributed by atoms with Crippen LogP contribution in [0.1, 0.15) is 17.7 Å². The summed E-state index contributed by atoms with van der Waals surface area (Å²) in [5.74, 6) is 0.135. The maximum atomic E-state index is 11.5. The fraction of sp³-hybridized carbons (Fsp3) is 0.333. The van der Waals surface area contributed by atoms with E-state index in [0.29, 0.717) is 6.42 Å². The first-order valence-corrected chi connectivity index (χ1v) is 6.06. The second kappa shape index (κ2) is 5.74. The molecule has 0 unspecified atom stereocenters. The average molecular weight is 243 g/mol. The topological polar surface area (TPSA) is 39.2 Å². The lowest BCUT2D eigenvalue weighted by molar-refractivity contribution is -0.122. The number of carbonyl (C=O) groups excluding carboxylic acids is 1. The molecule has 0 aliphatic carbocycles. The van der Waals surface area contributed by atoms with Gasteiger partial charge in [0, 0.05) is 24.6 Å². The van der Waals surface area contributed by atoms with Crippen LogP contribution in [0.5, 0.6) is 0 Å². The number of aromatic nitrogens is 1. The van der Waals surface area contributed by atoms with E-state index in [1.54, 1.807) is 7.11 Å². The largest absolute Gasteiger partial charge is 0.377 e. The summed E-state index contributed by atoms with van der Waals surface area (Å²) >= 11 is 0. The number of hydrogen-bond acceptors (Lipinski definition) is 3. The van der Waals surface area contributed by atoms with Crippen LogP contribution < -0.4 is 0 Å². The number of benzene rings is 1. The van der Waals surface area contributed by atoms with Gasteiger partial charge in [0.1, 0.15) is 6.61 Å². The average Bonchev–Trinajstić information content (AvgIpc) is 2.36. The molecule has 94 valence electrons. The summed E-state index contributed by atoms with van der Waals surface area (Å²) < 4.78 is 4.84. The van der Waals surface area contributed by atoms with Crippen LogP contribution in [0.4, 0.5) is 0 Å². The molecule has 0 fully saturated rings. The molecule has 3 heteroatoms. The molecule has 0 radical (unpaired) electrons. The van der Waals surface area contributed by atoms with Gasteiger partial charge in [-0.2, -0.15) is 0 Å². The van der Waals surface area contributed by atoms with E-state index in [0.717, 1.165) is 23.0 Å². The summed E-state index contributed by atoms with van der Waals surface area (Å²) in [6, 6.07) is 10.1. The zero-order valence-corrected chi connectivity index (χ0v) is 10.8. The van der Waals surface area contributed by atoms with Crippen LogP contribution in [0, 0.1) is 6.92 Å². The standard InChI is InChI=1S/C15H17NO2/c1-11-9-12(7-8-13(17)10-18-2)14-5-3-4-6-15(14)16-11/h3-6,9H,7-8,10H2,1-2H3. The third-order valence-corrected chi connectivity index (χ3v) is 2.91. The van der Waals surface area contributed by atoms with Gasteiger partial charge in [-0.1, -0.05) is 18.2 Å². The molecule has 1 aromatic carbocycles. The van der Waals surface area contributed by atoms with E-state index in [1.165, 1.54) is 5.56 Å². The summed E-state index contributed by atoms with van der Waals surface area (Å²) in [6.45, 7) is 2.18. The summed E-state index contributed by atoms with van der Waals surface area (Å²) in [6.07, 6.45) is 1.26. The van der Waals surface area contributed by atoms with Crippen LogP contribution in [0.2, 0.25) is 0 Å². The first kappa shape index (κ1) is 12.7. The van der Waals surface area contributed by atoms with Crippen molar-refractivity contribution in [1.82, 2.24) is 4.98 Å². The molecule has 18 heavy (non-hydrogen) atoms. The maximum absolute atomic E-state index is 11.5. The second-order valence-corrected chi connectivity index (χ2v) is 4.41. The zero-order valence-electron chi connectivity index (χ0n) is 10.8. The van der Waals surface area contributed by atoms with Crippen LogP contribution in [0.15, 0.2) is 30.3 Å². The van der Waals surface area contributed by atoms with E-state index in [9.17, 15) is 4.79 Å². The molecule has 0 saturated heterocycles. The Hall–Kier alpha value is -1.74. The molecule has 0 atom stereocenters. The Morgan fingerprint density at radius 1 is 1.33 bits per heavy atom. The third-order valence-electron chi connectivity index (χ3n) is 2.91. The Morgan fingerprint density at radius 3 is 2.89 bits per heavy atom. The Labute approximate surface area is 107 Å². The third kappa shape index (κ3) is 2.93. The van der Waals surface area contributed by atoms with Gasteiger partial charge >= 0.3 is 0 Å². The van der Waals surface area contributed by atoms with E-state index in [4.69, 9.17) is 4.74 Å². The van der Waals surface area contributed by atoms with Crippen molar-refractivity contribution in [3.05, 3.63) is 41.6 Å². The van der Waals surface area contributed by atoms with Gasteiger partial charge in [0.15, 0.2) is 5.78 Å². The molecule has 0 spiro atoms. The van der Waals surface area contributed by atoms with Crippen molar-refractivity contribution < 1.29 is 9.53 Å². The van der Waals surface area contributed by atoms with Gasteiger partial charge in [-0.3, -0.25) is 9.78 Å². The molecular formula is C15H17NO2. The number of aryl methyl sites for hydroxylation is 2. The van der Waals surface area contributed by atoms with E-state index >= 15 is 0 Å². The predicted molar refractivity (Wildman–Crippen MR) is 71.7 cm³/mol. The number of pyridine rings is 1. The number of methoxy groups -OCH3 is 1. The van der Waals surface area contributed by atoms with Crippen molar-refractivity contribution >= 4 is 16.7 Å². The minimum Gasteiger partial charge on any atom is -0.377 e.